The van der Waals surface area contributed by atoms with Crippen LogP contribution in [0.2, 0.25) is 0 Å². The van der Waals surface area contributed by atoms with Crippen LogP contribution in [0.5, 0.6) is 0 Å². The minimum absolute atomic E-state index is 0.0791. The Morgan fingerprint density at radius 1 is 1.04 bits per heavy atom. The smallest absolute Gasteiger partial charge is 0.338 e. The molecule has 7 rings (SSSR count). The molecule has 1 aromatic rings. The van der Waals surface area contributed by atoms with Crippen LogP contribution < -0.4 is 0 Å². The maximum Gasteiger partial charge on any atom is 0.338 e. The van der Waals surface area contributed by atoms with Crippen molar-refractivity contribution in [3.63, 3.8) is 0 Å². The molecule has 0 radical (unpaired) electrons. The lowest BCUT2D eigenvalue weighted by Gasteiger charge is -2.70. The lowest BCUT2D eigenvalue weighted by molar-refractivity contribution is -0.742. The number of aliphatic hydroxyl groups is 3. The van der Waals surface area contributed by atoms with Gasteiger partial charge in [0.05, 0.1) is 30.5 Å². The number of aliphatic hydroxyl groups excluding tert-OH is 2. The second-order valence-corrected chi connectivity index (χ2v) is 14.7. The van der Waals surface area contributed by atoms with Crippen molar-refractivity contribution < 1.29 is 63.6 Å². The van der Waals surface area contributed by atoms with Crippen LogP contribution in [-0.4, -0.2) is 144 Å². The molecule has 5 aliphatic carbocycles. The first kappa shape index (κ1) is 36.8. The first-order chi connectivity index (χ1) is 23.7. The van der Waals surface area contributed by atoms with Gasteiger partial charge in [-0.1, -0.05) is 25.1 Å². The second kappa shape index (κ2) is 12.9. The molecule has 6 aliphatic rings. The van der Waals surface area contributed by atoms with Crippen LogP contribution in [0.4, 0.5) is 0 Å². The average Bonchev–Trinajstić information content (AvgIpc) is 3.45. The van der Waals surface area contributed by atoms with Gasteiger partial charge in [-0.05, 0) is 31.0 Å². The highest BCUT2D eigenvalue weighted by molar-refractivity contribution is 5.89. The number of carbonyl (C=O) groups is 2. The number of rotatable bonds is 9. The summed E-state index contributed by atoms with van der Waals surface area (Å²) in [6.07, 6.45) is -5.49. The molecule has 0 amide bonds. The molecular formula is C34H48N2O14. The number of nitrogens with zero attached hydrogens (tertiary/aromatic N) is 2. The maximum absolute atomic E-state index is 13.8. The van der Waals surface area contributed by atoms with E-state index in [-0.39, 0.29) is 25.0 Å². The van der Waals surface area contributed by atoms with E-state index in [0.29, 0.717) is 25.1 Å². The number of hydrogen-bond acceptors (Lipinski definition) is 14. The topological polar surface area (TPSA) is 217 Å². The van der Waals surface area contributed by atoms with E-state index in [1.165, 1.54) is 14.0 Å². The average molecular weight is 709 g/mol. The van der Waals surface area contributed by atoms with Gasteiger partial charge in [0.25, 0.3) is 5.09 Å². The van der Waals surface area contributed by atoms with Crippen LogP contribution in [0.15, 0.2) is 30.3 Å². The van der Waals surface area contributed by atoms with E-state index in [9.17, 15) is 24.9 Å². The number of fused-ring (bicyclic) bond motifs is 2. The number of piperidine rings is 1. The van der Waals surface area contributed by atoms with Crippen LogP contribution in [0, 0.1) is 44.6 Å². The van der Waals surface area contributed by atoms with Gasteiger partial charge in [-0.15, -0.1) is 10.1 Å². The molecule has 50 heavy (non-hydrogen) atoms. The van der Waals surface area contributed by atoms with Gasteiger partial charge in [0.2, 0.25) is 0 Å². The summed E-state index contributed by atoms with van der Waals surface area (Å²) >= 11 is 0. The lowest BCUT2D eigenvalue weighted by atomic mass is 9.42. The Labute approximate surface area is 289 Å². The van der Waals surface area contributed by atoms with Crippen molar-refractivity contribution in [1.82, 2.24) is 4.90 Å². The Morgan fingerprint density at radius 2 is 1.70 bits per heavy atom. The largest absolute Gasteiger partial charge is 0.455 e. The zero-order valence-corrected chi connectivity index (χ0v) is 29.0. The third kappa shape index (κ3) is 4.58. The number of hydrogen-bond donors (Lipinski definition) is 4. The van der Waals surface area contributed by atoms with Crippen LogP contribution in [0.1, 0.15) is 37.0 Å². The van der Waals surface area contributed by atoms with Crippen molar-refractivity contribution in [3.05, 3.63) is 46.0 Å². The van der Waals surface area contributed by atoms with Crippen molar-refractivity contribution in [3.8, 4) is 0 Å². The third-order valence-corrected chi connectivity index (χ3v) is 13.2. The molecule has 1 aromatic carbocycles. The van der Waals surface area contributed by atoms with Gasteiger partial charge in [0, 0.05) is 83.0 Å². The highest BCUT2D eigenvalue weighted by Gasteiger charge is 2.92. The van der Waals surface area contributed by atoms with Crippen LogP contribution >= 0.6 is 0 Å². The van der Waals surface area contributed by atoms with Gasteiger partial charge in [-0.25, -0.2) is 4.79 Å². The fourth-order valence-corrected chi connectivity index (χ4v) is 12.3. The van der Waals surface area contributed by atoms with Gasteiger partial charge in [-0.2, -0.15) is 0 Å². The Hall–Kier alpha value is -2.96. The molecule has 1 saturated heterocycles. The fraction of sp³-hybridized carbons (Fsp3) is 0.765. The zero-order chi connectivity index (χ0) is 36.6. The van der Waals surface area contributed by atoms with Gasteiger partial charge in [-0.3, -0.25) is 9.69 Å². The maximum atomic E-state index is 13.8. The molecule has 1 heterocycles. The fourth-order valence-electron chi connectivity index (χ4n) is 12.3. The number of esters is 2. The Kier molecular flexibility index (Phi) is 9.51. The first-order valence-corrected chi connectivity index (χ1v) is 16.9. The van der Waals surface area contributed by atoms with Crippen LogP contribution in [0.25, 0.3) is 0 Å². The van der Waals surface area contributed by atoms with Gasteiger partial charge in [0.1, 0.15) is 23.9 Å². The molecule has 0 aromatic heterocycles. The standard InChI is InChI=1S/C34H47NO11.HNO3/c1-7-35-15-31(16-41-3)20(37)13-21(42-4)33-19-14-32(40)28(45-30(39)18-11-9-8-10-12-18)22(19)34(46-17(2)36,27(38)29(32)44-6)23(26(33)35)24(43-5)25(31)33;2-1(3)4/h8-12,19-29,37-38,40H,7,13-16H2,1-6H3;(H,2,3,4)/t19-,20-,21+,22-,23+,24+,25-,26?,27+,28-,29+,31+,32-,33+,34-;/m1./s1. The normalized spacial score (nSPS) is 46.4. The predicted molar refractivity (Wildman–Crippen MR) is 169 cm³/mol. The molecule has 1 aliphatic heterocycles. The molecular weight excluding hydrogens is 660 g/mol. The molecule has 5 saturated carbocycles. The van der Waals surface area contributed by atoms with E-state index in [2.05, 4.69) is 4.90 Å². The third-order valence-electron chi connectivity index (χ3n) is 13.2. The summed E-state index contributed by atoms with van der Waals surface area (Å²) in [5.41, 5.74) is -4.79. The SMILES string of the molecule is CCN1C[C@]2(COC)[C@H](O)C[C@H](OC)[C@]34C1[C@H]([C@H](OC)[C@H]23)[C@]1(OC(C)=O)[C@H]2[C@@H](OC(=O)c3ccccc3)[C@](O)(C[C@H]24)[C@@H](OC)[C@@H]1O.O=[N+]([O-])O. The first-order valence-electron chi connectivity index (χ1n) is 16.9. The number of benzene rings is 1. The van der Waals surface area contributed by atoms with Crippen LogP contribution in [-0.2, 0) is 33.2 Å². The van der Waals surface area contributed by atoms with Gasteiger partial charge < -0.3 is 48.9 Å². The van der Waals surface area contributed by atoms with Crippen molar-refractivity contribution in [2.45, 2.75) is 80.6 Å². The van der Waals surface area contributed by atoms with E-state index in [1.54, 1.807) is 51.7 Å². The molecule has 6 fully saturated rings. The van der Waals surface area contributed by atoms with E-state index < -0.39 is 93.4 Å². The van der Waals surface area contributed by atoms with Crippen molar-refractivity contribution in [1.29, 1.82) is 0 Å². The molecule has 16 heteroatoms. The van der Waals surface area contributed by atoms with Crippen molar-refractivity contribution in [2.24, 2.45) is 34.5 Å². The quantitative estimate of drug-likeness (QED) is 0.154. The number of carbonyl (C=O) groups excluding carboxylic acids is 2. The Balaban J connectivity index is 0.00000103. The summed E-state index contributed by atoms with van der Waals surface area (Å²) in [4.78, 5) is 37.7. The lowest BCUT2D eigenvalue weighted by Crippen LogP contribution is -2.81. The van der Waals surface area contributed by atoms with E-state index in [4.69, 9.17) is 43.7 Å². The monoisotopic (exact) mass is 708 g/mol. The minimum Gasteiger partial charge on any atom is -0.455 e. The minimum atomic E-state index is -1.83. The zero-order valence-electron chi connectivity index (χ0n) is 29.0. The molecule has 16 nitrogen and oxygen atoms in total. The van der Waals surface area contributed by atoms with Crippen molar-refractivity contribution >= 4 is 11.9 Å². The van der Waals surface area contributed by atoms with E-state index in [0.717, 1.165) is 0 Å². The summed E-state index contributed by atoms with van der Waals surface area (Å²) < 4.78 is 37.4. The van der Waals surface area contributed by atoms with E-state index >= 15 is 0 Å². The number of methoxy groups -OCH3 is 4. The Bertz CT molecular complexity index is 1460. The highest BCUT2D eigenvalue weighted by Crippen LogP contribution is 2.80. The van der Waals surface area contributed by atoms with Crippen LogP contribution in [0.3, 0.4) is 0 Å². The summed E-state index contributed by atoms with van der Waals surface area (Å²) in [6, 6.07) is 8.18. The Morgan fingerprint density at radius 3 is 2.24 bits per heavy atom. The summed E-state index contributed by atoms with van der Waals surface area (Å²) in [5, 5.41) is 50.9. The molecule has 278 valence electrons. The second-order valence-electron chi connectivity index (χ2n) is 14.7. The summed E-state index contributed by atoms with van der Waals surface area (Å²) in [6.45, 7) is 4.68. The van der Waals surface area contributed by atoms with Crippen molar-refractivity contribution in [2.75, 3.05) is 48.1 Å². The molecule has 4 N–H and O–H groups in total. The molecule has 1 spiro atoms. The molecule has 15 atom stereocenters. The number of likely N-dealkylation sites (tertiary alicyclic amines) is 1. The highest BCUT2D eigenvalue weighted by atomic mass is 16.9. The predicted octanol–water partition coefficient (Wildman–Crippen LogP) is 0.300. The summed E-state index contributed by atoms with van der Waals surface area (Å²) in [5.74, 6) is -3.65. The number of ether oxygens (including phenoxy) is 6. The van der Waals surface area contributed by atoms with E-state index in [1.807, 2.05) is 6.92 Å². The molecule has 7 bridgehead atoms. The summed E-state index contributed by atoms with van der Waals surface area (Å²) in [7, 11) is 6.27. The molecule has 1 unspecified atom stereocenters. The van der Waals surface area contributed by atoms with Gasteiger partial charge >= 0.3 is 11.9 Å². The van der Waals surface area contributed by atoms with Gasteiger partial charge in [0.15, 0.2) is 5.60 Å².